The van der Waals surface area contributed by atoms with Crippen LogP contribution < -0.4 is 5.73 Å². The Bertz CT molecular complexity index is 450. The molecular formula is C10H11BrN2O4. The molecule has 0 saturated heterocycles. The Kier molecular flexibility index (Phi) is 4.59. The Morgan fingerprint density at radius 2 is 2.29 bits per heavy atom. The number of nitrogens with zero attached hydrogens (tertiary/aromatic N) is 1. The summed E-state index contributed by atoms with van der Waals surface area (Å²) in [6.07, 6.45) is 0.195. The summed E-state index contributed by atoms with van der Waals surface area (Å²) in [5.74, 6) is -0.546. The number of halogens is 1. The lowest BCUT2D eigenvalue weighted by molar-refractivity contribution is -0.385. The van der Waals surface area contributed by atoms with Crippen molar-refractivity contribution < 1.29 is 14.5 Å². The Morgan fingerprint density at radius 1 is 1.65 bits per heavy atom. The maximum absolute atomic E-state index is 11.1. The van der Waals surface area contributed by atoms with Gasteiger partial charge in [0.1, 0.15) is 6.04 Å². The van der Waals surface area contributed by atoms with Crippen LogP contribution in [-0.4, -0.2) is 24.0 Å². The highest BCUT2D eigenvalue weighted by Gasteiger charge is 2.17. The summed E-state index contributed by atoms with van der Waals surface area (Å²) in [7, 11) is 1.24. The van der Waals surface area contributed by atoms with Crippen LogP contribution >= 0.6 is 15.9 Å². The highest BCUT2D eigenvalue weighted by atomic mass is 79.9. The van der Waals surface area contributed by atoms with Crippen molar-refractivity contribution in [2.45, 2.75) is 12.5 Å². The molecule has 17 heavy (non-hydrogen) atoms. The minimum Gasteiger partial charge on any atom is -0.468 e. The average molecular weight is 303 g/mol. The molecule has 0 fully saturated rings. The van der Waals surface area contributed by atoms with Crippen molar-refractivity contribution in [3.05, 3.63) is 38.3 Å². The lowest BCUT2D eigenvalue weighted by Crippen LogP contribution is -2.33. The lowest BCUT2D eigenvalue weighted by atomic mass is 10.1. The first-order valence-corrected chi connectivity index (χ1v) is 5.51. The molecule has 92 valence electrons. The number of nitro groups is 1. The zero-order valence-corrected chi connectivity index (χ0v) is 10.6. The molecule has 0 saturated carbocycles. The Hall–Kier alpha value is -1.47. The molecule has 0 aliphatic carbocycles. The number of benzene rings is 1. The highest BCUT2D eigenvalue weighted by Crippen LogP contribution is 2.25. The fraction of sp³-hybridized carbons (Fsp3) is 0.300. The van der Waals surface area contributed by atoms with Crippen molar-refractivity contribution in [2.75, 3.05) is 7.11 Å². The van der Waals surface area contributed by atoms with Crippen LogP contribution in [0.4, 0.5) is 5.69 Å². The van der Waals surface area contributed by atoms with Crippen LogP contribution in [0, 0.1) is 10.1 Å². The van der Waals surface area contributed by atoms with E-state index in [1.807, 2.05) is 0 Å². The lowest BCUT2D eigenvalue weighted by Gasteiger charge is -2.09. The summed E-state index contributed by atoms with van der Waals surface area (Å²) >= 11 is 3.08. The van der Waals surface area contributed by atoms with Gasteiger partial charge < -0.3 is 10.5 Å². The number of nitro benzene ring substituents is 1. The van der Waals surface area contributed by atoms with Crippen LogP contribution in [0.5, 0.6) is 0 Å². The fourth-order valence-corrected chi connectivity index (χ4v) is 1.71. The normalized spacial score (nSPS) is 11.9. The highest BCUT2D eigenvalue weighted by molar-refractivity contribution is 9.10. The number of nitrogens with two attached hydrogens (primary N) is 1. The van der Waals surface area contributed by atoms with E-state index in [9.17, 15) is 14.9 Å². The molecular weight excluding hydrogens is 292 g/mol. The number of hydrogen-bond donors (Lipinski definition) is 1. The molecule has 0 spiro atoms. The largest absolute Gasteiger partial charge is 0.468 e. The molecule has 0 heterocycles. The third kappa shape index (κ3) is 3.50. The molecule has 0 aliphatic heterocycles. The molecule has 0 radical (unpaired) electrons. The molecule has 2 N–H and O–H groups in total. The van der Waals surface area contributed by atoms with Gasteiger partial charge in [0.05, 0.1) is 16.5 Å². The van der Waals surface area contributed by atoms with Crippen LogP contribution in [0.3, 0.4) is 0 Å². The van der Waals surface area contributed by atoms with Crippen molar-refractivity contribution in [1.29, 1.82) is 0 Å². The molecule has 6 nitrogen and oxygen atoms in total. The predicted octanol–water partition coefficient (Wildman–Crippen LogP) is 1.40. The van der Waals surface area contributed by atoms with Gasteiger partial charge in [-0.05, 0) is 34.0 Å². The summed E-state index contributed by atoms with van der Waals surface area (Å²) in [5.41, 5.74) is 6.12. The van der Waals surface area contributed by atoms with Crippen molar-refractivity contribution in [3.63, 3.8) is 0 Å². The monoisotopic (exact) mass is 302 g/mol. The van der Waals surface area contributed by atoms with Crippen LogP contribution in [0.2, 0.25) is 0 Å². The minimum atomic E-state index is -0.819. The van der Waals surface area contributed by atoms with E-state index in [1.165, 1.54) is 13.2 Å². The maximum Gasteiger partial charge on any atom is 0.322 e. The second-order valence-corrected chi connectivity index (χ2v) is 4.23. The van der Waals surface area contributed by atoms with Gasteiger partial charge in [0, 0.05) is 6.07 Å². The van der Waals surface area contributed by atoms with Crippen LogP contribution in [0.1, 0.15) is 5.56 Å². The number of ether oxygens (including phenoxy) is 1. The number of esters is 1. The van der Waals surface area contributed by atoms with Crippen LogP contribution in [0.25, 0.3) is 0 Å². The molecule has 0 amide bonds. The van der Waals surface area contributed by atoms with Gasteiger partial charge in [0.25, 0.3) is 5.69 Å². The van der Waals surface area contributed by atoms with Gasteiger partial charge in [0.15, 0.2) is 0 Å². The number of hydrogen-bond acceptors (Lipinski definition) is 5. The van der Waals surface area contributed by atoms with E-state index in [2.05, 4.69) is 20.7 Å². The first-order chi connectivity index (χ1) is 7.95. The molecule has 0 aromatic heterocycles. The Labute approximate surface area is 106 Å². The summed E-state index contributed by atoms with van der Waals surface area (Å²) in [6, 6.07) is 3.78. The molecule has 0 aliphatic rings. The number of carbonyl (C=O) groups is 1. The van der Waals surface area contributed by atoms with Gasteiger partial charge in [-0.1, -0.05) is 6.07 Å². The molecule has 1 aromatic rings. The van der Waals surface area contributed by atoms with E-state index < -0.39 is 16.9 Å². The first-order valence-electron chi connectivity index (χ1n) is 4.72. The predicted molar refractivity (Wildman–Crippen MR) is 64.5 cm³/mol. The van der Waals surface area contributed by atoms with Gasteiger partial charge in [0.2, 0.25) is 0 Å². The van der Waals surface area contributed by atoms with Gasteiger partial charge in [-0.15, -0.1) is 0 Å². The third-order valence-corrected chi connectivity index (χ3v) is 2.84. The van der Waals surface area contributed by atoms with E-state index in [0.29, 0.717) is 10.0 Å². The molecule has 1 rings (SSSR count). The van der Waals surface area contributed by atoms with Crippen molar-refractivity contribution in [3.8, 4) is 0 Å². The zero-order valence-electron chi connectivity index (χ0n) is 9.05. The summed E-state index contributed by atoms with van der Waals surface area (Å²) in [4.78, 5) is 21.3. The topological polar surface area (TPSA) is 95.5 Å². The van der Waals surface area contributed by atoms with Crippen LogP contribution in [-0.2, 0) is 16.0 Å². The smallest absolute Gasteiger partial charge is 0.322 e. The molecule has 0 bridgehead atoms. The molecule has 1 aromatic carbocycles. The fourth-order valence-electron chi connectivity index (χ4n) is 1.31. The molecule has 7 heteroatoms. The van der Waals surface area contributed by atoms with E-state index in [0.717, 1.165) is 0 Å². The van der Waals surface area contributed by atoms with Crippen molar-refractivity contribution in [2.24, 2.45) is 5.73 Å². The second kappa shape index (κ2) is 5.74. The Balaban J connectivity index is 2.90. The number of methoxy groups -OCH3 is 1. The van der Waals surface area contributed by atoms with E-state index in [1.54, 1.807) is 12.1 Å². The van der Waals surface area contributed by atoms with Crippen molar-refractivity contribution >= 4 is 27.6 Å². The Morgan fingerprint density at radius 3 is 2.82 bits per heavy atom. The summed E-state index contributed by atoms with van der Waals surface area (Å²) in [5, 5.41) is 10.7. The van der Waals surface area contributed by atoms with E-state index in [-0.39, 0.29) is 12.1 Å². The van der Waals surface area contributed by atoms with Gasteiger partial charge in [-0.2, -0.15) is 0 Å². The van der Waals surface area contributed by atoms with E-state index >= 15 is 0 Å². The van der Waals surface area contributed by atoms with Crippen LogP contribution in [0.15, 0.2) is 22.7 Å². The van der Waals surface area contributed by atoms with Gasteiger partial charge in [-0.3, -0.25) is 14.9 Å². The maximum atomic E-state index is 11.1. The van der Waals surface area contributed by atoms with E-state index in [4.69, 9.17) is 5.73 Å². The van der Waals surface area contributed by atoms with Gasteiger partial charge >= 0.3 is 5.97 Å². The minimum absolute atomic E-state index is 0.0560. The average Bonchev–Trinajstić information content (AvgIpc) is 2.30. The zero-order chi connectivity index (χ0) is 13.0. The number of carbonyl (C=O) groups excluding carboxylic acids is 1. The van der Waals surface area contributed by atoms with Gasteiger partial charge in [-0.25, -0.2) is 0 Å². The first kappa shape index (κ1) is 13.6. The summed E-state index contributed by atoms with van der Waals surface area (Å²) < 4.78 is 4.87. The second-order valence-electron chi connectivity index (χ2n) is 3.38. The SMILES string of the molecule is COC(=O)C(N)Cc1ccc(Br)c([N+](=O)[O-])c1. The molecule has 1 atom stereocenters. The quantitative estimate of drug-likeness (QED) is 0.515. The standard InChI is InChI=1S/C10H11BrN2O4/c1-17-10(14)8(12)4-6-2-3-7(11)9(5-6)13(15)16/h2-3,5,8H,4,12H2,1H3. The molecule has 1 unspecified atom stereocenters. The van der Waals surface area contributed by atoms with Crippen molar-refractivity contribution in [1.82, 2.24) is 0 Å². The number of rotatable bonds is 4. The summed E-state index contributed by atoms with van der Waals surface area (Å²) in [6.45, 7) is 0. The third-order valence-electron chi connectivity index (χ3n) is 2.17.